The molecule has 7 nitrogen and oxygen atoms in total. The summed E-state index contributed by atoms with van der Waals surface area (Å²) < 4.78 is 33.8. The van der Waals surface area contributed by atoms with Gasteiger partial charge in [-0.1, -0.05) is 19.6 Å². The number of imidazole rings is 1. The van der Waals surface area contributed by atoms with Crippen LogP contribution in [-0.4, -0.2) is 41.5 Å². The van der Waals surface area contributed by atoms with Crippen LogP contribution < -0.4 is 0 Å². The van der Waals surface area contributed by atoms with Crippen molar-refractivity contribution in [2.45, 2.75) is 49.3 Å². The molecule has 2 aromatic rings. The van der Waals surface area contributed by atoms with Crippen LogP contribution in [0, 0.1) is 11.7 Å². The van der Waals surface area contributed by atoms with E-state index in [0.717, 1.165) is 6.04 Å². The maximum atomic E-state index is 13.2. The Bertz CT molecular complexity index is 900. The SMILES string of the molecule is COC(=O)c1ccc(S(=N)(=O)c2cnc(C)n2COCC[Si](C)(C)C)cc1. The van der Waals surface area contributed by atoms with E-state index in [-0.39, 0.29) is 6.73 Å². The minimum Gasteiger partial charge on any atom is -0.465 e. The molecule has 0 aliphatic carbocycles. The predicted molar refractivity (Wildman–Crippen MR) is 106 cm³/mol. The fraction of sp³-hybridized carbons (Fsp3) is 0.444. The summed E-state index contributed by atoms with van der Waals surface area (Å²) in [6.45, 7) is 9.46. The van der Waals surface area contributed by atoms with Crippen LogP contribution in [0.1, 0.15) is 16.2 Å². The fourth-order valence-electron chi connectivity index (χ4n) is 2.39. The second-order valence-corrected chi connectivity index (χ2v) is 15.1. The molecular formula is C18H27N3O4SSi. The van der Waals surface area contributed by atoms with Crippen LogP contribution in [0.4, 0.5) is 0 Å². The third kappa shape index (κ3) is 5.27. The van der Waals surface area contributed by atoms with Crippen LogP contribution in [0.2, 0.25) is 25.7 Å². The zero-order valence-electron chi connectivity index (χ0n) is 16.4. The first kappa shape index (κ1) is 21.3. The topological polar surface area (TPSA) is 94.3 Å². The minimum atomic E-state index is -3.29. The second-order valence-electron chi connectivity index (χ2n) is 7.49. The van der Waals surface area contributed by atoms with Gasteiger partial charge >= 0.3 is 5.97 Å². The maximum absolute atomic E-state index is 13.2. The number of methoxy groups -OCH3 is 1. The molecule has 0 saturated carbocycles. The third-order valence-corrected chi connectivity index (χ3v) is 7.69. The first-order valence-corrected chi connectivity index (χ1v) is 13.9. The molecular weight excluding hydrogens is 382 g/mol. The van der Waals surface area contributed by atoms with Crippen molar-refractivity contribution in [3.05, 3.63) is 41.9 Å². The monoisotopic (exact) mass is 409 g/mol. The Balaban J connectivity index is 2.22. The number of nitrogens with zero attached hydrogens (tertiary/aromatic N) is 2. The zero-order valence-corrected chi connectivity index (χ0v) is 18.3. The zero-order chi connectivity index (χ0) is 20.2. The molecule has 1 unspecified atom stereocenters. The van der Waals surface area contributed by atoms with E-state index < -0.39 is 23.8 Å². The molecule has 0 aliphatic heterocycles. The van der Waals surface area contributed by atoms with Crippen LogP contribution in [0.3, 0.4) is 0 Å². The van der Waals surface area contributed by atoms with Crippen molar-refractivity contribution in [1.82, 2.24) is 9.55 Å². The molecule has 0 bridgehead atoms. The summed E-state index contributed by atoms with van der Waals surface area (Å²) in [5.41, 5.74) is 0.343. The number of aryl methyl sites for hydroxylation is 1. The van der Waals surface area contributed by atoms with Crippen molar-refractivity contribution in [1.29, 1.82) is 4.78 Å². The van der Waals surface area contributed by atoms with E-state index in [9.17, 15) is 9.00 Å². The van der Waals surface area contributed by atoms with Crippen molar-refractivity contribution in [3.8, 4) is 0 Å². The Hall–Kier alpha value is -1.97. The van der Waals surface area contributed by atoms with Gasteiger partial charge in [0.05, 0.1) is 23.8 Å². The molecule has 1 aromatic heterocycles. The van der Waals surface area contributed by atoms with E-state index in [1.54, 1.807) is 11.5 Å². The van der Waals surface area contributed by atoms with Gasteiger partial charge in [-0.3, -0.25) is 4.57 Å². The van der Waals surface area contributed by atoms with Gasteiger partial charge in [0.25, 0.3) is 0 Å². The van der Waals surface area contributed by atoms with Crippen molar-refractivity contribution in [2.24, 2.45) is 0 Å². The number of benzene rings is 1. The molecule has 0 amide bonds. The fourth-order valence-corrected chi connectivity index (χ4v) is 4.60. The quantitative estimate of drug-likeness (QED) is 0.407. The smallest absolute Gasteiger partial charge is 0.337 e. The number of esters is 1. The van der Waals surface area contributed by atoms with Gasteiger partial charge in [-0.15, -0.1) is 0 Å². The molecule has 0 radical (unpaired) electrons. The van der Waals surface area contributed by atoms with Gasteiger partial charge in [-0.25, -0.2) is 18.8 Å². The normalized spacial score (nSPS) is 14.0. The molecule has 2 rings (SSSR count). The van der Waals surface area contributed by atoms with E-state index in [1.165, 1.54) is 37.6 Å². The summed E-state index contributed by atoms with van der Waals surface area (Å²) in [6, 6.07) is 7.07. The highest BCUT2D eigenvalue weighted by atomic mass is 32.2. The lowest BCUT2D eigenvalue weighted by atomic mass is 10.2. The van der Waals surface area contributed by atoms with Gasteiger partial charge in [0.2, 0.25) is 0 Å². The molecule has 1 heterocycles. The molecule has 1 N–H and O–H groups in total. The summed E-state index contributed by atoms with van der Waals surface area (Å²) in [7, 11) is -3.18. The summed E-state index contributed by atoms with van der Waals surface area (Å²) in [5, 5.41) is 0.291. The van der Waals surface area contributed by atoms with Crippen LogP contribution in [0.5, 0.6) is 0 Å². The number of hydrogen-bond donors (Lipinski definition) is 1. The molecule has 1 atom stereocenters. The van der Waals surface area contributed by atoms with Gasteiger partial charge in [0.1, 0.15) is 27.3 Å². The van der Waals surface area contributed by atoms with E-state index in [0.29, 0.717) is 27.9 Å². The summed E-state index contributed by atoms with van der Waals surface area (Å²) in [5.74, 6) is 0.166. The summed E-state index contributed by atoms with van der Waals surface area (Å²) in [4.78, 5) is 16.1. The standard InChI is InChI=1S/C18H27N3O4SSi/c1-14-20-12-17(21(14)13-25-10-11-27(3,4)5)26(19,23)16-8-6-15(7-9-16)18(22)24-2/h6-9,12,19H,10-11,13H2,1-5H3. The lowest BCUT2D eigenvalue weighted by molar-refractivity contribution is 0.0600. The van der Waals surface area contributed by atoms with Crippen molar-refractivity contribution in [3.63, 3.8) is 0 Å². The number of carbonyl (C=O) groups is 1. The lowest BCUT2D eigenvalue weighted by Gasteiger charge is -2.17. The van der Waals surface area contributed by atoms with E-state index in [2.05, 4.69) is 29.4 Å². The first-order chi connectivity index (χ1) is 12.6. The number of ether oxygens (including phenoxy) is 2. The molecule has 0 aliphatic rings. The Morgan fingerprint density at radius 2 is 1.89 bits per heavy atom. The number of hydrogen-bond acceptors (Lipinski definition) is 6. The maximum Gasteiger partial charge on any atom is 0.337 e. The van der Waals surface area contributed by atoms with E-state index in [1.807, 2.05) is 0 Å². The van der Waals surface area contributed by atoms with Crippen molar-refractivity contribution in [2.75, 3.05) is 13.7 Å². The van der Waals surface area contributed by atoms with Gasteiger partial charge in [-0.2, -0.15) is 0 Å². The highest BCUT2D eigenvalue weighted by Crippen LogP contribution is 2.23. The van der Waals surface area contributed by atoms with Crippen molar-refractivity contribution >= 4 is 23.8 Å². The number of carbonyl (C=O) groups excluding carboxylic acids is 1. The minimum absolute atomic E-state index is 0.210. The molecule has 0 spiro atoms. The van der Waals surface area contributed by atoms with Crippen LogP contribution in [-0.2, 0) is 25.9 Å². The summed E-state index contributed by atoms with van der Waals surface area (Å²) in [6.07, 6.45) is 1.46. The molecule has 1 aromatic carbocycles. The number of nitrogens with one attached hydrogen (secondary N) is 1. The van der Waals surface area contributed by atoms with Crippen LogP contribution >= 0.6 is 0 Å². The Morgan fingerprint density at radius 3 is 2.44 bits per heavy atom. The van der Waals surface area contributed by atoms with Crippen molar-refractivity contribution < 1.29 is 18.5 Å². The Labute approximate surface area is 161 Å². The molecule has 148 valence electrons. The van der Waals surface area contributed by atoms with E-state index >= 15 is 0 Å². The lowest BCUT2D eigenvalue weighted by Crippen LogP contribution is -2.22. The molecule has 0 fully saturated rings. The first-order valence-electron chi connectivity index (χ1n) is 8.63. The largest absolute Gasteiger partial charge is 0.465 e. The van der Waals surface area contributed by atoms with E-state index in [4.69, 9.17) is 9.52 Å². The molecule has 9 heteroatoms. The highest BCUT2D eigenvalue weighted by molar-refractivity contribution is 7.92. The third-order valence-electron chi connectivity index (χ3n) is 4.14. The van der Waals surface area contributed by atoms with Gasteiger partial charge in [0.15, 0.2) is 0 Å². The van der Waals surface area contributed by atoms with Gasteiger partial charge < -0.3 is 9.47 Å². The number of rotatable bonds is 8. The van der Waals surface area contributed by atoms with Gasteiger partial charge in [-0.05, 0) is 37.2 Å². The molecule has 27 heavy (non-hydrogen) atoms. The summed E-state index contributed by atoms with van der Waals surface area (Å²) >= 11 is 0. The predicted octanol–water partition coefficient (Wildman–Crippen LogP) is 3.76. The van der Waals surface area contributed by atoms with Crippen LogP contribution in [0.15, 0.2) is 40.4 Å². The highest BCUT2D eigenvalue weighted by Gasteiger charge is 2.21. The number of aromatic nitrogens is 2. The molecule has 0 saturated heterocycles. The van der Waals surface area contributed by atoms with Crippen LogP contribution in [0.25, 0.3) is 0 Å². The Morgan fingerprint density at radius 1 is 1.26 bits per heavy atom. The average molecular weight is 410 g/mol. The Kier molecular flexibility index (Phi) is 6.61. The van der Waals surface area contributed by atoms with Gasteiger partial charge in [0, 0.05) is 14.7 Å². The average Bonchev–Trinajstić information content (AvgIpc) is 2.98. The second kappa shape index (κ2) is 8.36.